The van der Waals surface area contributed by atoms with E-state index in [9.17, 15) is 19.2 Å². The van der Waals surface area contributed by atoms with Gasteiger partial charge in [0, 0.05) is 12.0 Å². The van der Waals surface area contributed by atoms with Gasteiger partial charge in [0.15, 0.2) is 0 Å². The van der Waals surface area contributed by atoms with E-state index in [4.69, 9.17) is 9.47 Å². The predicted molar refractivity (Wildman–Crippen MR) is 158 cm³/mol. The molecule has 0 radical (unpaired) electrons. The highest BCUT2D eigenvalue weighted by molar-refractivity contribution is 5.93. The number of hydrogen-bond donors (Lipinski definition) is 2. The van der Waals surface area contributed by atoms with Crippen LogP contribution in [0.25, 0.3) is 0 Å². The Labute approximate surface area is 244 Å². The largest absolute Gasteiger partial charge is 0.458 e. The molecule has 0 aliphatic carbocycles. The summed E-state index contributed by atoms with van der Waals surface area (Å²) in [6.45, 7) is 15.5. The molecule has 0 bridgehead atoms. The van der Waals surface area contributed by atoms with Crippen molar-refractivity contribution in [1.82, 2.24) is 15.5 Å². The zero-order valence-corrected chi connectivity index (χ0v) is 25.7. The van der Waals surface area contributed by atoms with Crippen LogP contribution in [-0.4, -0.2) is 58.1 Å². The molecule has 41 heavy (non-hydrogen) atoms. The molecule has 0 heterocycles. The van der Waals surface area contributed by atoms with Crippen molar-refractivity contribution in [3.05, 3.63) is 71.8 Å². The third kappa shape index (κ3) is 11.3. The maximum atomic E-state index is 14.1. The Morgan fingerprint density at radius 2 is 1.27 bits per heavy atom. The Morgan fingerprint density at radius 1 is 0.756 bits per heavy atom. The molecular weight excluding hydrogens is 522 g/mol. The molecule has 0 spiro atoms. The lowest BCUT2D eigenvalue weighted by atomic mass is 9.96. The first kappa shape index (κ1) is 33.3. The minimum absolute atomic E-state index is 0.201. The summed E-state index contributed by atoms with van der Waals surface area (Å²) >= 11 is 0. The van der Waals surface area contributed by atoms with E-state index in [2.05, 4.69) is 10.6 Å². The Balaban J connectivity index is 2.45. The normalized spacial score (nSPS) is 13.4. The van der Waals surface area contributed by atoms with E-state index in [0.29, 0.717) is 5.56 Å². The molecule has 0 saturated carbocycles. The summed E-state index contributed by atoms with van der Waals surface area (Å²) in [7, 11) is 0. The molecule has 2 atom stereocenters. The van der Waals surface area contributed by atoms with Gasteiger partial charge in [0.25, 0.3) is 0 Å². The SMILES string of the molecule is CC(C)(C)OC(=O)NCC(=O)N(C(C(=O)NC(Cc1ccccc1)C(=O)OC(C)(C)C)c1ccccc1)C(C)(C)C. The quantitative estimate of drug-likeness (QED) is 0.415. The van der Waals surface area contributed by atoms with Gasteiger partial charge < -0.3 is 25.0 Å². The minimum atomic E-state index is -1.11. The van der Waals surface area contributed by atoms with Crippen molar-refractivity contribution >= 4 is 23.9 Å². The van der Waals surface area contributed by atoms with E-state index in [-0.39, 0.29) is 13.0 Å². The van der Waals surface area contributed by atoms with Crippen LogP contribution in [-0.2, 0) is 30.3 Å². The molecule has 2 rings (SSSR count). The molecule has 2 N–H and O–H groups in total. The molecule has 2 unspecified atom stereocenters. The van der Waals surface area contributed by atoms with Crippen LogP contribution in [0.3, 0.4) is 0 Å². The van der Waals surface area contributed by atoms with E-state index < -0.39 is 52.7 Å². The summed E-state index contributed by atoms with van der Waals surface area (Å²) in [4.78, 5) is 54.7. The number of nitrogens with one attached hydrogen (secondary N) is 2. The van der Waals surface area contributed by atoms with Crippen molar-refractivity contribution in [1.29, 1.82) is 0 Å². The summed E-state index contributed by atoms with van der Waals surface area (Å²) in [6, 6.07) is 16.0. The average Bonchev–Trinajstić information content (AvgIpc) is 2.83. The fraction of sp³-hybridized carbons (Fsp3) is 0.500. The van der Waals surface area contributed by atoms with E-state index in [1.807, 2.05) is 36.4 Å². The van der Waals surface area contributed by atoms with Crippen molar-refractivity contribution in [2.75, 3.05) is 6.54 Å². The fourth-order valence-electron chi connectivity index (χ4n) is 4.17. The molecule has 9 heteroatoms. The van der Waals surface area contributed by atoms with Crippen molar-refractivity contribution < 1.29 is 28.7 Å². The van der Waals surface area contributed by atoms with Crippen LogP contribution in [0, 0.1) is 0 Å². The maximum Gasteiger partial charge on any atom is 0.408 e. The van der Waals surface area contributed by atoms with Crippen LogP contribution in [0.1, 0.15) is 79.5 Å². The summed E-state index contributed by atoms with van der Waals surface area (Å²) < 4.78 is 10.9. The lowest BCUT2D eigenvalue weighted by Gasteiger charge is -2.41. The fourth-order valence-corrected chi connectivity index (χ4v) is 4.17. The van der Waals surface area contributed by atoms with E-state index in [1.165, 1.54) is 4.90 Å². The zero-order chi connectivity index (χ0) is 31.0. The molecule has 0 aliphatic rings. The number of rotatable bonds is 9. The first-order valence-corrected chi connectivity index (χ1v) is 13.8. The second kappa shape index (κ2) is 13.7. The molecule has 0 aliphatic heterocycles. The predicted octanol–water partition coefficient (Wildman–Crippen LogP) is 4.95. The number of carbonyl (C=O) groups excluding carboxylic acids is 4. The van der Waals surface area contributed by atoms with E-state index >= 15 is 0 Å². The molecular formula is C32H45N3O6. The Morgan fingerprint density at radius 3 is 1.76 bits per heavy atom. The highest BCUT2D eigenvalue weighted by Crippen LogP contribution is 2.29. The monoisotopic (exact) mass is 567 g/mol. The van der Waals surface area contributed by atoms with Gasteiger partial charge in [-0.05, 0) is 73.4 Å². The number of carbonyl (C=O) groups is 4. The van der Waals surface area contributed by atoms with E-state index in [0.717, 1.165) is 5.56 Å². The molecule has 2 aromatic rings. The molecule has 0 fully saturated rings. The lowest BCUT2D eigenvalue weighted by molar-refractivity contribution is -0.159. The topological polar surface area (TPSA) is 114 Å². The van der Waals surface area contributed by atoms with Crippen molar-refractivity contribution in [3.8, 4) is 0 Å². The van der Waals surface area contributed by atoms with Gasteiger partial charge in [-0.2, -0.15) is 0 Å². The Kier molecular flexibility index (Phi) is 11.1. The highest BCUT2D eigenvalue weighted by atomic mass is 16.6. The lowest BCUT2D eigenvalue weighted by Crippen LogP contribution is -2.57. The first-order chi connectivity index (χ1) is 18.9. The second-order valence-corrected chi connectivity index (χ2v) is 12.9. The summed E-state index contributed by atoms with van der Waals surface area (Å²) in [6.07, 6.45) is -0.541. The van der Waals surface area contributed by atoms with Gasteiger partial charge in [0.05, 0.1) is 0 Å². The van der Waals surface area contributed by atoms with Gasteiger partial charge in [-0.3, -0.25) is 9.59 Å². The number of amides is 3. The number of hydrogen-bond acceptors (Lipinski definition) is 6. The van der Waals surface area contributed by atoms with Gasteiger partial charge in [-0.25, -0.2) is 9.59 Å². The van der Waals surface area contributed by atoms with Crippen LogP contribution in [0.2, 0.25) is 0 Å². The zero-order valence-electron chi connectivity index (χ0n) is 25.7. The highest BCUT2D eigenvalue weighted by Gasteiger charge is 2.40. The third-order valence-corrected chi connectivity index (χ3v) is 5.69. The second-order valence-electron chi connectivity index (χ2n) is 12.9. The Bertz CT molecular complexity index is 1180. The molecule has 3 amide bonds. The third-order valence-electron chi connectivity index (χ3n) is 5.69. The van der Waals surface area contributed by atoms with Crippen LogP contribution >= 0.6 is 0 Å². The summed E-state index contributed by atoms with van der Waals surface area (Å²) in [5.41, 5.74) is -0.959. The summed E-state index contributed by atoms with van der Waals surface area (Å²) in [5.74, 6) is -1.63. The van der Waals surface area contributed by atoms with Gasteiger partial charge in [0.1, 0.15) is 29.8 Å². The number of esters is 1. The Hall–Kier alpha value is -3.88. The number of nitrogens with zero attached hydrogens (tertiary/aromatic N) is 1. The van der Waals surface area contributed by atoms with Crippen LogP contribution < -0.4 is 10.6 Å². The van der Waals surface area contributed by atoms with Gasteiger partial charge in [0.2, 0.25) is 11.8 Å². The molecule has 2 aromatic carbocycles. The number of alkyl carbamates (subject to hydrolysis) is 1. The van der Waals surface area contributed by atoms with Crippen molar-refractivity contribution in [2.45, 2.75) is 97.6 Å². The number of benzene rings is 2. The van der Waals surface area contributed by atoms with Gasteiger partial charge >= 0.3 is 12.1 Å². The standard InChI is InChI=1S/C32H45N3O6/c1-30(2,3)35(25(36)21-33-29(39)41-32(7,8)9)26(23-18-14-11-15-19-23)27(37)34-24(28(38)40-31(4,5)6)20-22-16-12-10-13-17-22/h10-19,24,26H,20-21H2,1-9H3,(H,33,39)(H,34,37). The van der Waals surface area contributed by atoms with Crippen molar-refractivity contribution in [2.24, 2.45) is 0 Å². The molecule has 224 valence electrons. The molecule has 0 aromatic heterocycles. The average molecular weight is 568 g/mol. The van der Waals surface area contributed by atoms with E-state index in [1.54, 1.807) is 86.6 Å². The first-order valence-electron chi connectivity index (χ1n) is 13.8. The molecule has 0 saturated heterocycles. The van der Waals surface area contributed by atoms with Crippen molar-refractivity contribution in [3.63, 3.8) is 0 Å². The van der Waals surface area contributed by atoms with Crippen LogP contribution in [0.5, 0.6) is 0 Å². The summed E-state index contributed by atoms with van der Waals surface area (Å²) in [5, 5.41) is 5.37. The van der Waals surface area contributed by atoms with Crippen LogP contribution in [0.15, 0.2) is 60.7 Å². The van der Waals surface area contributed by atoms with Crippen LogP contribution in [0.4, 0.5) is 4.79 Å². The smallest absolute Gasteiger partial charge is 0.408 e. The van der Waals surface area contributed by atoms with Gasteiger partial charge in [-0.1, -0.05) is 60.7 Å². The van der Waals surface area contributed by atoms with Gasteiger partial charge in [-0.15, -0.1) is 0 Å². The number of ether oxygens (including phenoxy) is 2. The minimum Gasteiger partial charge on any atom is -0.458 e. The molecule has 9 nitrogen and oxygen atoms in total. The maximum absolute atomic E-state index is 14.1.